The Hall–Kier alpha value is -1.39. The molecule has 1 aliphatic carbocycles. The van der Waals surface area contributed by atoms with Crippen molar-refractivity contribution < 1.29 is 19.4 Å². The highest BCUT2D eigenvalue weighted by Gasteiger charge is 2.51. The molecule has 0 aromatic heterocycles. The van der Waals surface area contributed by atoms with Crippen LogP contribution in [0.5, 0.6) is 0 Å². The fourth-order valence-electron chi connectivity index (χ4n) is 3.66. The van der Waals surface area contributed by atoms with Crippen LogP contribution in [0.4, 0.5) is 0 Å². The van der Waals surface area contributed by atoms with Gasteiger partial charge in [-0.05, 0) is 72.3 Å². The van der Waals surface area contributed by atoms with Gasteiger partial charge in [-0.3, -0.25) is 0 Å². The van der Waals surface area contributed by atoms with Crippen LogP contribution < -0.4 is 0 Å². The van der Waals surface area contributed by atoms with Crippen molar-refractivity contribution in [1.82, 2.24) is 0 Å². The molecule has 1 saturated heterocycles. The highest BCUT2D eigenvalue weighted by molar-refractivity contribution is 5.93. The van der Waals surface area contributed by atoms with Gasteiger partial charge >= 0.3 is 5.97 Å². The van der Waals surface area contributed by atoms with E-state index in [1.165, 1.54) is 5.57 Å². The Morgan fingerprint density at radius 3 is 2.71 bits per heavy atom. The van der Waals surface area contributed by atoms with Crippen LogP contribution in [0, 0.1) is 0 Å². The summed E-state index contributed by atoms with van der Waals surface area (Å²) < 4.78 is 11.3. The lowest BCUT2D eigenvalue weighted by Gasteiger charge is -2.20. The fourth-order valence-corrected chi connectivity index (χ4v) is 3.66. The molecule has 4 heteroatoms. The molecule has 0 amide bonds. The average Bonchev–Trinajstić information content (AvgIpc) is 3.06. The molecule has 0 saturated carbocycles. The highest BCUT2D eigenvalue weighted by atomic mass is 16.6. The lowest BCUT2D eigenvalue weighted by atomic mass is 9.90. The summed E-state index contributed by atoms with van der Waals surface area (Å²) in [4.78, 5) is 11.9. The first-order valence-electron chi connectivity index (χ1n) is 8.91. The predicted octanol–water partition coefficient (Wildman–Crippen LogP) is 3.95. The maximum atomic E-state index is 11.9. The van der Waals surface area contributed by atoms with Crippen LogP contribution in [-0.2, 0) is 14.3 Å². The maximum absolute atomic E-state index is 11.9. The number of esters is 1. The molecule has 0 radical (unpaired) electrons. The van der Waals surface area contributed by atoms with E-state index in [1.54, 1.807) is 19.9 Å². The van der Waals surface area contributed by atoms with Crippen molar-refractivity contribution in [1.29, 1.82) is 0 Å². The van der Waals surface area contributed by atoms with Crippen LogP contribution in [0.3, 0.4) is 0 Å². The summed E-state index contributed by atoms with van der Waals surface area (Å²) in [5.41, 5.74) is 1.85. The Balaban J connectivity index is 1.87. The monoisotopic (exact) mass is 332 g/mol. The van der Waals surface area contributed by atoms with E-state index in [2.05, 4.69) is 19.9 Å². The van der Waals surface area contributed by atoms with Crippen molar-refractivity contribution >= 4 is 5.97 Å². The molecule has 1 fully saturated rings. The number of carbonyl (C=O) groups is 1. The molecule has 132 valence electrons. The van der Waals surface area contributed by atoms with Gasteiger partial charge in [0.2, 0.25) is 0 Å². The average molecular weight is 332 g/mol. The number of fused-ring (bicyclic) bond motifs is 2. The van der Waals surface area contributed by atoms with Crippen LogP contribution in [0.15, 0.2) is 34.6 Å². The summed E-state index contributed by atoms with van der Waals surface area (Å²) in [5, 5.41) is 10.7. The van der Waals surface area contributed by atoms with Gasteiger partial charge in [0, 0.05) is 11.1 Å². The first-order chi connectivity index (χ1) is 11.2. The van der Waals surface area contributed by atoms with E-state index in [1.807, 2.05) is 0 Å². The van der Waals surface area contributed by atoms with Crippen molar-refractivity contribution in [3.63, 3.8) is 0 Å². The molecule has 3 aliphatic rings. The molecule has 2 aliphatic heterocycles. The normalized spacial score (nSPS) is 42.0. The Bertz CT molecular complexity index is 638. The number of aliphatic hydroxyl groups is 1. The number of rotatable bonds is 0. The van der Waals surface area contributed by atoms with Crippen molar-refractivity contribution in [2.75, 3.05) is 0 Å². The summed E-state index contributed by atoms with van der Waals surface area (Å²) >= 11 is 0. The first kappa shape index (κ1) is 17.4. The van der Waals surface area contributed by atoms with Crippen LogP contribution in [0.25, 0.3) is 0 Å². The minimum Gasteiger partial charge on any atom is -0.423 e. The lowest BCUT2D eigenvalue weighted by molar-refractivity contribution is -0.133. The molecule has 3 atom stereocenters. The number of carbonyl (C=O) groups excluding carboxylic acids is 1. The van der Waals surface area contributed by atoms with E-state index in [-0.39, 0.29) is 17.7 Å². The zero-order chi connectivity index (χ0) is 17.5. The zero-order valence-electron chi connectivity index (χ0n) is 15.1. The SMILES string of the molecule is CC1=C2CC/C(C)=C/CCC3(C)O[C@H]3CC[C@](C)(O)/C=C/2OC1=O. The Morgan fingerprint density at radius 1 is 1.21 bits per heavy atom. The van der Waals surface area contributed by atoms with Gasteiger partial charge in [-0.25, -0.2) is 4.79 Å². The van der Waals surface area contributed by atoms with Gasteiger partial charge in [-0.2, -0.15) is 0 Å². The molecule has 1 unspecified atom stereocenters. The second-order valence-electron chi connectivity index (χ2n) is 7.91. The maximum Gasteiger partial charge on any atom is 0.339 e. The molecule has 0 bridgehead atoms. The van der Waals surface area contributed by atoms with Crippen molar-refractivity contribution in [2.24, 2.45) is 0 Å². The highest BCUT2D eigenvalue weighted by Crippen LogP contribution is 2.44. The van der Waals surface area contributed by atoms with E-state index in [0.717, 1.165) is 37.7 Å². The van der Waals surface area contributed by atoms with Gasteiger partial charge in [-0.15, -0.1) is 0 Å². The van der Waals surface area contributed by atoms with Gasteiger partial charge in [0.05, 0.1) is 17.3 Å². The van der Waals surface area contributed by atoms with Gasteiger partial charge < -0.3 is 14.6 Å². The summed E-state index contributed by atoms with van der Waals surface area (Å²) in [6.45, 7) is 7.87. The van der Waals surface area contributed by atoms with E-state index < -0.39 is 5.60 Å². The third kappa shape index (κ3) is 3.65. The molecular weight excluding hydrogens is 304 g/mol. The van der Waals surface area contributed by atoms with Gasteiger partial charge in [0.25, 0.3) is 0 Å². The molecule has 2 heterocycles. The molecule has 24 heavy (non-hydrogen) atoms. The number of ether oxygens (including phenoxy) is 2. The predicted molar refractivity (Wildman–Crippen MR) is 92.2 cm³/mol. The molecule has 3 rings (SSSR count). The Morgan fingerprint density at radius 2 is 1.96 bits per heavy atom. The second kappa shape index (κ2) is 6.16. The largest absolute Gasteiger partial charge is 0.423 e. The summed E-state index contributed by atoms with van der Waals surface area (Å²) in [6.07, 6.45) is 9.28. The van der Waals surface area contributed by atoms with Crippen molar-refractivity contribution in [3.05, 3.63) is 34.6 Å². The quantitative estimate of drug-likeness (QED) is 0.414. The van der Waals surface area contributed by atoms with Crippen LogP contribution in [0.2, 0.25) is 0 Å². The van der Waals surface area contributed by atoms with E-state index in [0.29, 0.717) is 17.8 Å². The molecule has 0 aromatic rings. The molecule has 4 nitrogen and oxygen atoms in total. The first-order valence-corrected chi connectivity index (χ1v) is 8.91. The molecule has 0 spiro atoms. The van der Waals surface area contributed by atoms with Crippen molar-refractivity contribution in [2.45, 2.75) is 83.5 Å². The topological polar surface area (TPSA) is 59.1 Å². The van der Waals surface area contributed by atoms with E-state index in [9.17, 15) is 9.90 Å². The number of allylic oxidation sites excluding steroid dienone is 3. The van der Waals surface area contributed by atoms with Gasteiger partial charge in [0.1, 0.15) is 5.76 Å². The number of epoxide rings is 1. The molecule has 1 N–H and O–H groups in total. The minimum atomic E-state index is -1.01. The Kier molecular flexibility index (Phi) is 4.47. The van der Waals surface area contributed by atoms with Crippen LogP contribution in [0.1, 0.15) is 66.2 Å². The Labute approximate surface area is 144 Å². The smallest absolute Gasteiger partial charge is 0.339 e. The van der Waals surface area contributed by atoms with E-state index >= 15 is 0 Å². The standard InChI is InChI=1S/C20H28O4/c1-13-6-5-10-20(4)17(24-20)9-11-19(3,22)12-16-15(8-7-13)14(2)18(21)23-16/h6,12,17,22H,5,7-11H2,1-4H3/b13-6+,16-12-/t17-,19-,20?/m0/s1. The summed E-state index contributed by atoms with van der Waals surface area (Å²) in [6, 6.07) is 0. The number of hydrogen-bond donors (Lipinski definition) is 1. The van der Waals surface area contributed by atoms with Crippen LogP contribution >= 0.6 is 0 Å². The number of hydrogen-bond acceptors (Lipinski definition) is 4. The van der Waals surface area contributed by atoms with Crippen molar-refractivity contribution in [3.8, 4) is 0 Å². The molecule has 0 aromatic carbocycles. The fraction of sp³-hybridized carbons (Fsp3) is 0.650. The zero-order valence-corrected chi connectivity index (χ0v) is 15.1. The van der Waals surface area contributed by atoms with Crippen LogP contribution in [-0.4, -0.2) is 28.4 Å². The summed E-state index contributed by atoms with van der Waals surface area (Å²) in [7, 11) is 0. The second-order valence-corrected chi connectivity index (χ2v) is 7.91. The van der Waals surface area contributed by atoms with E-state index in [4.69, 9.17) is 9.47 Å². The minimum absolute atomic E-state index is 0.0500. The third-order valence-electron chi connectivity index (χ3n) is 5.55. The summed E-state index contributed by atoms with van der Waals surface area (Å²) in [5.74, 6) is 0.239. The van der Waals surface area contributed by atoms with Gasteiger partial charge in [-0.1, -0.05) is 11.6 Å². The molecular formula is C20H28O4. The lowest BCUT2D eigenvalue weighted by Crippen LogP contribution is -2.23. The third-order valence-corrected chi connectivity index (χ3v) is 5.55. The van der Waals surface area contributed by atoms with Gasteiger partial charge in [0.15, 0.2) is 0 Å².